The van der Waals surface area contributed by atoms with Gasteiger partial charge in [0.25, 0.3) is 0 Å². The van der Waals surface area contributed by atoms with E-state index in [1.807, 2.05) is 24.3 Å². The number of aromatic nitrogens is 3. The van der Waals surface area contributed by atoms with E-state index in [0.29, 0.717) is 6.54 Å². The van der Waals surface area contributed by atoms with E-state index in [4.69, 9.17) is 4.74 Å². The molecule has 78 valence electrons. The zero-order chi connectivity index (χ0) is 10.7. The van der Waals surface area contributed by atoms with Crippen LogP contribution in [-0.2, 0) is 6.54 Å². The lowest BCUT2D eigenvalue weighted by Gasteiger charge is -2.04. The number of methoxy groups -OCH3 is 1. The first-order valence-electron chi connectivity index (χ1n) is 4.46. The molecule has 0 unspecified atom stereocenters. The van der Waals surface area contributed by atoms with Gasteiger partial charge in [-0.05, 0) is 33.6 Å². The van der Waals surface area contributed by atoms with Crippen LogP contribution in [0.4, 0.5) is 0 Å². The Kier molecular flexibility index (Phi) is 3.01. The lowest BCUT2D eigenvalue weighted by Crippen LogP contribution is -2.02. The van der Waals surface area contributed by atoms with Crippen LogP contribution in [0.3, 0.4) is 0 Å². The predicted octanol–water partition coefficient (Wildman–Crippen LogP) is 2.10. The van der Waals surface area contributed by atoms with Crippen molar-refractivity contribution in [2.75, 3.05) is 7.11 Å². The molecule has 0 aliphatic rings. The Bertz CT molecular complexity index is 455. The van der Waals surface area contributed by atoms with Gasteiger partial charge in [-0.2, -0.15) is 5.10 Å². The Morgan fingerprint density at radius 2 is 2.33 bits per heavy atom. The first-order chi connectivity index (χ1) is 7.29. The molecule has 0 bridgehead atoms. The van der Waals surface area contributed by atoms with Gasteiger partial charge in [0.15, 0.2) is 4.73 Å². The highest BCUT2D eigenvalue weighted by Gasteiger charge is 2.02. The maximum atomic E-state index is 5.15. The zero-order valence-electron chi connectivity index (χ0n) is 8.22. The summed E-state index contributed by atoms with van der Waals surface area (Å²) < 4.78 is 7.65. The summed E-state index contributed by atoms with van der Waals surface area (Å²) in [7, 11) is 1.66. The molecule has 0 amide bonds. The fourth-order valence-electron chi connectivity index (χ4n) is 1.30. The van der Waals surface area contributed by atoms with Crippen LogP contribution in [0.15, 0.2) is 35.3 Å². The predicted molar refractivity (Wildman–Crippen MR) is 59.8 cm³/mol. The Morgan fingerprint density at radius 1 is 1.47 bits per heavy atom. The Hall–Kier alpha value is -1.36. The molecule has 0 saturated carbocycles. The lowest BCUT2D eigenvalue weighted by molar-refractivity contribution is 0.414. The minimum atomic E-state index is 0.678. The second kappa shape index (κ2) is 4.44. The van der Waals surface area contributed by atoms with Crippen LogP contribution in [0.1, 0.15) is 5.56 Å². The summed E-state index contributed by atoms with van der Waals surface area (Å²) >= 11 is 3.32. The van der Waals surface area contributed by atoms with E-state index in [9.17, 15) is 0 Å². The molecule has 0 spiro atoms. The molecule has 2 aromatic rings. The molecule has 15 heavy (non-hydrogen) atoms. The number of ether oxygens (including phenoxy) is 1. The van der Waals surface area contributed by atoms with Gasteiger partial charge in [-0.3, -0.25) is 0 Å². The summed E-state index contributed by atoms with van der Waals surface area (Å²) in [5, 5.41) is 4.08. The fourth-order valence-corrected chi connectivity index (χ4v) is 1.61. The fraction of sp³-hybridized carbons (Fsp3) is 0.200. The van der Waals surface area contributed by atoms with Crippen molar-refractivity contribution in [2.45, 2.75) is 6.54 Å². The molecular weight excluding hydrogens is 258 g/mol. The monoisotopic (exact) mass is 267 g/mol. The van der Waals surface area contributed by atoms with E-state index in [1.165, 1.54) is 6.33 Å². The van der Waals surface area contributed by atoms with Gasteiger partial charge >= 0.3 is 0 Å². The molecule has 0 radical (unpaired) electrons. The van der Waals surface area contributed by atoms with Crippen LogP contribution in [0, 0.1) is 0 Å². The summed E-state index contributed by atoms with van der Waals surface area (Å²) in [4.78, 5) is 3.99. The average Bonchev–Trinajstić information content (AvgIpc) is 2.65. The number of benzene rings is 1. The number of rotatable bonds is 3. The molecule has 0 saturated heterocycles. The van der Waals surface area contributed by atoms with Gasteiger partial charge in [0, 0.05) is 0 Å². The summed E-state index contributed by atoms with van der Waals surface area (Å²) in [6.45, 7) is 0.678. The average molecular weight is 268 g/mol. The van der Waals surface area contributed by atoms with Crippen LogP contribution in [-0.4, -0.2) is 21.9 Å². The van der Waals surface area contributed by atoms with Gasteiger partial charge in [0.2, 0.25) is 0 Å². The normalized spacial score (nSPS) is 10.3. The molecule has 4 nitrogen and oxygen atoms in total. The molecule has 0 aliphatic heterocycles. The van der Waals surface area contributed by atoms with Gasteiger partial charge < -0.3 is 4.74 Å². The molecule has 0 aliphatic carbocycles. The second-order valence-electron chi connectivity index (χ2n) is 3.04. The smallest absolute Gasteiger partial charge is 0.195 e. The molecule has 0 fully saturated rings. The van der Waals surface area contributed by atoms with E-state index in [1.54, 1.807) is 11.8 Å². The quantitative estimate of drug-likeness (QED) is 0.855. The highest BCUT2D eigenvalue weighted by Crippen LogP contribution is 2.14. The third kappa shape index (κ3) is 2.36. The van der Waals surface area contributed by atoms with E-state index in [0.717, 1.165) is 16.0 Å². The first-order valence-corrected chi connectivity index (χ1v) is 5.25. The number of hydrogen-bond acceptors (Lipinski definition) is 3. The van der Waals surface area contributed by atoms with E-state index in [2.05, 4.69) is 26.0 Å². The molecule has 0 atom stereocenters. The van der Waals surface area contributed by atoms with Crippen molar-refractivity contribution in [1.82, 2.24) is 14.8 Å². The number of nitrogens with zero attached hydrogens (tertiary/aromatic N) is 3. The van der Waals surface area contributed by atoms with Crippen LogP contribution in [0.5, 0.6) is 5.75 Å². The third-order valence-electron chi connectivity index (χ3n) is 2.03. The minimum absolute atomic E-state index is 0.678. The summed E-state index contributed by atoms with van der Waals surface area (Å²) in [5.74, 6) is 0.851. The molecule has 1 heterocycles. The topological polar surface area (TPSA) is 39.9 Å². The second-order valence-corrected chi connectivity index (χ2v) is 3.75. The van der Waals surface area contributed by atoms with Crippen molar-refractivity contribution in [2.24, 2.45) is 0 Å². The van der Waals surface area contributed by atoms with Crippen molar-refractivity contribution in [1.29, 1.82) is 0 Å². The SMILES string of the molecule is COc1cccc(Cn2ncnc2Br)c1. The Balaban J connectivity index is 2.21. The Labute approximate surface area is 96.0 Å². The van der Waals surface area contributed by atoms with E-state index < -0.39 is 0 Å². The van der Waals surface area contributed by atoms with Crippen LogP contribution in [0.2, 0.25) is 0 Å². The zero-order valence-corrected chi connectivity index (χ0v) is 9.81. The summed E-state index contributed by atoms with van der Waals surface area (Å²) in [5.41, 5.74) is 1.13. The number of hydrogen-bond donors (Lipinski definition) is 0. The highest BCUT2D eigenvalue weighted by molar-refractivity contribution is 9.10. The van der Waals surface area contributed by atoms with Crippen LogP contribution in [0.25, 0.3) is 0 Å². The maximum absolute atomic E-state index is 5.15. The van der Waals surface area contributed by atoms with Crippen molar-refractivity contribution in [3.05, 3.63) is 40.9 Å². The first kappa shape index (κ1) is 10.2. The van der Waals surface area contributed by atoms with Gasteiger partial charge in [-0.25, -0.2) is 9.67 Å². The van der Waals surface area contributed by atoms with Crippen molar-refractivity contribution in [3.63, 3.8) is 0 Å². The largest absolute Gasteiger partial charge is 0.497 e. The van der Waals surface area contributed by atoms with Gasteiger partial charge in [-0.15, -0.1) is 0 Å². The highest BCUT2D eigenvalue weighted by atomic mass is 79.9. The van der Waals surface area contributed by atoms with Crippen LogP contribution >= 0.6 is 15.9 Å². The van der Waals surface area contributed by atoms with Crippen LogP contribution < -0.4 is 4.74 Å². The summed E-state index contributed by atoms with van der Waals surface area (Å²) in [6, 6.07) is 7.88. The minimum Gasteiger partial charge on any atom is -0.497 e. The van der Waals surface area contributed by atoms with Gasteiger partial charge in [0.05, 0.1) is 13.7 Å². The van der Waals surface area contributed by atoms with Crippen molar-refractivity contribution >= 4 is 15.9 Å². The maximum Gasteiger partial charge on any atom is 0.195 e. The van der Waals surface area contributed by atoms with Gasteiger partial charge in [-0.1, -0.05) is 12.1 Å². The standard InChI is InChI=1S/C10H10BrN3O/c1-15-9-4-2-3-8(5-9)6-14-10(11)12-7-13-14/h2-5,7H,6H2,1H3. The van der Waals surface area contributed by atoms with Crippen molar-refractivity contribution in [3.8, 4) is 5.75 Å². The van der Waals surface area contributed by atoms with E-state index in [-0.39, 0.29) is 0 Å². The van der Waals surface area contributed by atoms with E-state index >= 15 is 0 Å². The summed E-state index contributed by atoms with van der Waals surface area (Å²) in [6.07, 6.45) is 1.52. The van der Waals surface area contributed by atoms with Crippen molar-refractivity contribution < 1.29 is 4.74 Å². The molecule has 1 aromatic carbocycles. The molecule has 0 N–H and O–H groups in total. The van der Waals surface area contributed by atoms with Gasteiger partial charge in [0.1, 0.15) is 12.1 Å². The third-order valence-corrected chi connectivity index (χ3v) is 2.65. The molecule has 2 rings (SSSR count). The molecule has 1 aromatic heterocycles. The number of halogens is 1. The molecular formula is C10H10BrN3O. The molecule has 5 heteroatoms. The lowest BCUT2D eigenvalue weighted by atomic mass is 10.2. The Morgan fingerprint density at radius 3 is 3.00 bits per heavy atom.